The Kier molecular flexibility index (Phi) is 6.38. The van der Waals surface area contributed by atoms with Crippen molar-refractivity contribution < 1.29 is 14.3 Å². The average Bonchev–Trinajstić information content (AvgIpc) is 3.44. The minimum atomic E-state index is -0.209. The lowest BCUT2D eigenvalue weighted by atomic mass is 9.98. The number of carbonyl (C=O) groups is 1. The minimum absolute atomic E-state index is 0.113. The largest absolute Gasteiger partial charge is 0.497 e. The highest BCUT2D eigenvalue weighted by atomic mass is 32.2. The molecule has 10 heteroatoms. The van der Waals surface area contributed by atoms with Crippen LogP contribution in [0, 0.1) is 0 Å². The second kappa shape index (κ2) is 9.36. The summed E-state index contributed by atoms with van der Waals surface area (Å²) in [5.41, 5.74) is 8.38. The number of methoxy groups -OCH3 is 2. The van der Waals surface area contributed by atoms with Gasteiger partial charge in [0, 0.05) is 12.0 Å². The van der Waals surface area contributed by atoms with Gasteiger partial charge < -0.3 is 15.2 Å². The fourth-order valence-corrected chi connectivity index (χ4v) is 4.76. The molecule has 1 aliphatic rings. The topological polar surface area (TPSA) is 103 Å². The van der Waals surface area contributed by atoms with Crippen LogP contribution < -0.4 is 15.2 Å². The second-order valence-corrected chi connectivity index (χ2v) is 8.94. The number of rotatable bonds is 7. The first kappa shape index (κ1) is 21.1. The van der Waals surface area contributed by atoms with Gasteiger partial charge in [-0.15, -0.1) is 10.2 Å². The Hall–Kier alpha value is -3.11. The third-order valence-corrected chi connectivity index (χ3v) is 6.68. The lowest BCUT2D eigenvalue weighted by Gasteiger charge is -2.22. The lowest BCUT2D eigenvalue weighted by molar-refractivity contribution is -0.130. The fraction of sp³-hybridized carbons (Fsp3) is 0.238. The number of ether oxygens (including phenoxy) is 2. The summed E-state index contributed by atoms with van der Waals surface area (Å²) in [6, 6.07) is 15.2. The Morgan fingerprint density at radius 2 is 1.94 bits per heavy atom. The number of nitrogen functional groups attached to an aromatic ring is 1. The number of carbonyl (C=O) groups excluding carboxylic acids is 1. The molecule has 0 radical (unpaired) electrons. The number of aromatic nitrogens is 2. The van der Waals surface area contributed by atoms with Crippen molar-refractivity contribution >= 4 is 39.8 Å². The van der Waals surface area contributed by atoms with Gasteiger partial charge in [0.25, 0.3) is 5.91 Å². The first-order valence-corrected chi connectivity index (χ1v) is 11.3. The predicted octanol–water partition coefficient (Wildman–Crippen LogP) is 3.61. The van der Waals surface area contributed by atoms with E-state index in [0.717, 1.165) is 28.3 Å². The van der Waals surface area contributed by atoms with Gasteiger partial charge in [-0.2, -0.15) is 5.10 Å². The number of nitrogens with zero attached hydrogens (tertiary/aromatic N) is 4. The molecule has 1 amide bonds. The molecule has 1 aromatic heterocycles. The van der Waals surface area contributed by atoms with Crippen LogP contribution in [0.2, 0.25) is 0 Å². The van der Waals surface area contributed by atoms with E-state index in [1.807, 2.05) is 48.5 Å². The fourth-order valence-electron chi connectivity index (χ4n) is 3.27. The molecule has 1 unspecified atom stereocenters. The zero-order chi connectivity index (χ0) is 21.8. The van der Waals surface area contributed by atoms with Crippen molar-refractivity contribution in [3.63, 3.8) is 0 Å². The molecule has 0 bridgehead atoms. The van der Waals surface area contributed by atoms with Crippen molar-refractivity contribution in [1.82, 2.24) is 15.2 Å². The van der Waals surface area contributed by atoms with Crippen LogP contribution in [-0.2, 0) is 4.79 Å². The molecule has 0 aliphatic carbocycles. The van der Waals surface area contributed by atoms with Crippen LogP contribution in [-0.4, -0.2) is 46.8 Å². The smallest absolute Gasteiger partial charge is 0.253 e. The van der Waals surface area contributed by atoms with E-state index in [2.05, 4.69) is 10.2 Å². The number of amides is 1. The Morgan fingerprint density at radius 1 is 1.16 bits per heavy atom. The summed E-state index contributed by atoms with van der Waals surface area (Å²) in [5, 5.41) is 14.4. The van der Waals surface area contributed by atoms with Gasteiger partial charge >= 0.3 is 0 Å². The van der Waals surface area contributed by atoms with Gasteiger partial charge in [-0.3, -0.25) is 4.79 Å². The number of hydrogen-bond acceptors (Lipinski definition) is 9. The maximum atomic E-state index is 13.1. The van der Waals surface area contributed by atoms with E-state index in [0.29, 0.717) is 15.9 Å². The molecule has 0 saturated heterocycles. The SMILES string of the molecule is COc1ccc(C2CC(c3cccc(OC)c3)=NN2C(=O)CSc2nnc(N)s2)cc1. The molecule has 0 saturated carbocycles. The standard InChI is InChI=1S/C21H21N5O3S2/c1-28-15-8-6-13(7-9-15)18-11-17(14-4-3-5-16(10-14)29-2)25-26(18)19(27)12-30-21-24-23-20(22)31-21/h3-10,18H,11-12H2,1-2H3,(H2,22,23). The molecule has 2 N–H and O–H groups in total. The quantitative estimate of drug-likeness (QED) is 0.543. The molecule has 4 rings (SSSR count). The predicted molar refractivity (Wildman–Crippen MR) is 122 cm³/mol. The zero-order valence-corrected chi connectivity index (χ0v) is 18.7. The summed E-state index contributed by atoms with van der Waals surface area (Å²) < 4.78 is 11.3. The van der Waals surface area contributed by atoms with E-state index in [4.69, 9.17) is 20.3 Å². The first-order chi connectivity index (χ1) is 15.1. The van der Waals surface area contributed by atoms with Crippen molar-refractivity contribution in [2.45, 2.75) is 16.8 Å². The van der Waals surface area contributed by atoms with Gasteiger partial charge in [-0.1, -0.05) is 47.4 Å². The third-order valence-electron chi connectivity index (χ3n) is 4.81. The van der Waals surface area contributed by atoms with Gasteiger partial charge in [-0.25, -0.2) is 5.01 Å². The number of nitrogens with two attached hydrogens (primary N) is 1. The van der Waals surface area contributed by atoms with Crippen LogP contribution in [0.1, 0.15) is 23.6 Å². The molecule has 0 spiro atoms. The monoisotopic (exact) mass is 455 g/mol. The number of thioether (sulfide) groups is 1. The summed E-state index contributed by atoms with van der Waals surface area (Å²) in [5.74, 6) is 1.58. The first-order valence-electron chi connectivity index (χ1n) is 9.47. The molecular formula is C21H21N5O3S2. The van der Waals surface area contributed by atoms with Crippen molar-refractivity contribution in [3.8, 4) is 11.5 Å². The Morgan fingerprint density at radius 3 is 2.61 bits per heavy atom. The third kappa shape index (κ3) is 4.80. The number of hydrazone groups is 1. The average molecular weight is 456 g/mol. The Labute approximate surface area is 188 Å². The van der Waals surface area contributed by atoms with Crippen LogP contribution in [0.4, 0.5) is 5.13 Å². The number of hydrogen-bond donors (Lipinski definition) is 1. The van der Waals surface area contributed by atoms with E-state index in [-0.39, 0.29) is 17.7 Å². The summed E-state index contributed by atoms with van der Waals surface area (Å²) in [6.07, 6.45) is 0.599. The van der Waals surface area contributed by atoms with Crippen molar-refractivity contribution in [2.75, 3.05) is 25.7 Å². The summed E-state index contributed by atoms with van der Waals surface area (Å²) in [6.45, 7) is 0. The highest BCUT2D eigenvalue weighted by Crippen LogP contribution is 2.35. The molecule has 8 nitrogen and oxygen atoms in total. The van der Waals surface area contributed by atoms with Gasteiger partial charge in [0.05, 0.1) is 31.7 Å². The van der Waals surface area contributed by atoms with Crippen molar-refractivity contribution in [1.29, 1.82) is 0 Å². The normalized spacial score (nSPS) is 15.6. The Balaban J connectivity index is 1.59. The van der Waals surface area contributed by atoms with Gasteiger partial charge in [0.2, 0.25) is 5.13 Å². The number of benzene rings is 2. The molecule has 2 aromatic carbocycles. The highest BCUT2D eigenvalue weighted by molar-refractivity contribution is 8.01. The van der Waals surface area contributed by atoms with Crippen LogP contribution in [0.25, 0.3) is 0 Å². The molecular weight excluding hydrogens is 434 g/mol. The van der Waals surface area contributed by atoms with E-state index in [9.17, 15) is 4.79 Å². The van der Waals surface area contributed by atoms with Crippen LogP contribution >= 0.6 is 23.1 Å². The zero-order valence-electron chi connectivity index (χ0n) is 17.0. The Bertz CT molecular complexity index is 1100. The molecule has 2 heterocycles. The minimum Gasteiger partial charge on any atom is -0.497 e. The maximum Gasteiger partial charge on any atom is 0.253 e. The maximum absolute atomic E-state index is 13.1. The van der Waals surface area contributed by atoms with E-state index >= 15 is 0 Å². The van der Waals surface area contributed by atoms with E-state index in [1.54, 1.807) is 19.2 Å². The molecule has 3 aromatic rings. The highest BCUT2D eigenvalue weighted by Gasteiger charge is 2.33. The van der Waals surface area contributed by atoms with Crippen molar-refractivity contribution in [3.05, 3.63) is 59.7 Å². The van der Waals surface area contributed by atoms with Gasteiger partial charge in [0.15, 0.2) is 4.34 Å². The van der Waals surface area contributed by atoms with E-state index in [1.165, 1.54) is 23.1 Å². The molecule has 160 valence electrons. The van der Waals surface area contributed by atoms with Crippen LogP contribution in [0.15, 0.2) is 58.0 Å². The summed E-state index contributed by atoms with van der Waals surface area (Å²) in [4.78, 5) is 13.1. The lowest BCUT2D eigenvalue weighted by Crippen LogP contribution is -2.28. The molecule has 1 atom stereocenters. The summed E-state index contributed by atoms with van der Waals surface area (Å²) >= 11 is 2.57. The molecule has 0 fully saturated rings. The van der Waals surface area contributed by atoms with Gasteiger partial charge in [-0.05, 0) is 29.8 Å². The van der Waals surface area contributed by atoms with E-state index < -0.39 is 0 Å². The molecule has 1 aliphatic heterocycles. The second-order valence-electron chi connectivity index (χ2n) is 6.70. The summed E-state index contributed by atoms with van der Waals surface area (Å²) in [7, 11) is 3.25. The number of anilines is 1. The van der Waals surface area contributed by atoms with Gasteiger partial charge in [0.1, 0.15) is 11.5 Å². The van der Waals surface area contributed by atoms with Crippen LogP contribution in [0.3, 0.4) is 0 Å². The van der Waals surface area contributed by atoms with Crippen molar-refractivity contribution in [2.24, 2.45) is 5.10 Å². The van der Waals surface area contributed by atoms with Crippen LogP contribution in [0.5, 0.6) is 11.5 Å². The molecule has 31 heavy (non-hydrogen) atoms.